The summed E-state index contributed by atoms with van der Waals surface area (Å²) in [7, 11) is 0. The summed E-state index contributed by atoms with van der Waals surface area (Å²) in [6.07, 6.45) is 7.32. The Morgan fingerprint density at radius 3 is 2.89 bits per heavy atom. The molecule has 4 aromatic heterocycles. The SMILES string of the molecule is CCn1cc(-c2nc(C)c(C(=O)NCc3cccnc3)s2)c2cccnc21. The first kappa shape index (κ1) is 17.4. The average molecular weight is 377 g/mol. The van der Waals surface area contributed by atoms with Crippen LogP contribution in [0.3, 0.4) is 0 Å². The van der Waals surface area contributed by atoms with Crippen LogP contribution in [0.2, 0.25) is 0 Å². The van der Waals surface area contributed by atoms with Crippen LogP contribution in [-0.4, -0.2) is 25.4 Å². The van der Waals surface area contributed by atoms with E-state index in [1.807, 2.05) is 31.2 Å². The van der Waals surface area contributed by atoms with Crippen molar-refractivity contribution in [3.8, 4) is 10.6 Å². The van der Waals surface area contributed by atoms with Crippen molar-refractivity contribution in [1.82, 2.24) is 24.8 Å². The number of aromatic nitrogens is 4. The van der Waals surface area contributed by atoms with Gasteiger partial charge in [-0.15, -0.1) is 11.3 Å². The Morgan fingerprint density at radius 2 is 2.11 bits per heavy atom. The third-order valence-corrected chi connectivity index (χ3v) is 5.57. The molecule has 0 saturated carbocycles. The number of rotatable bonds is 5. The molecule has 1 amide bonds. The van der Waals surface area contributed by atoms with Gasteiger partial charge in [0.2, 0.25) is 0 Å². The Balaban J connectivity index is 1.63. The monoisotopic (exact) mass is 377 g/mol. The second-order valence-corrected chi connectivity index (χ2v) is 7.18. The lowest BCUT2D eigenvalue weighted by molar-refractivity contribution is 0.0954. The lowest BCUT2D eigenvalue weighted by Gasteiger charge is -2.03. The summed E-state index contributed by atoms with van der Waals surface area (Å²) in [6.45, 7) is 5.23. The van der Waals surface area contributed by atoms with Crippen molar-refractivity contribution in [3.05, 3.63) is 65.2 Å². The fourth-order valence-corrected chi connectivity index (χ4v) is 4.03. The molecule has 0 aromatic carbocycles. The van der Waals surface area contributed by atoms with Crippen molar-refractivity contribution < 1.29 is 4.79 Å². The Labute approximate surface area is 160 Å². The van der Waals surface area contributed by atoms with E-state index in [0.29, 0.717) is 11.4 Å². The molecule has 0 atom stereocenters. The van der Waals surface area contributed by atoms with Crippen LogP contribution < -0.4 is 5.32 Å². The van der Waals surface area contributed by atoms with Crippen molar-refractivity contribution in [2.75, 3.05) is 0 Å². The van der Waals surface area contributed by atoms with Gasteiger partial charge in [0.25, 0.3) is 5.91 Å². The van der Waals surface area contributed by atoms with Crippen LogP contribution in [0.15, 0.2) is 49.1 Å². The first-order valence-corrected chi connectivity index (χ1v) is 9.57. The lowest BCUT2D eigenvalue weighted by atomic mass is 10.2. The van der Waals surface area contributed by atoms with Crippen LogP contribution in [0.1, 0.15) is 27.9 Å². The van der Waals surface area contributed by atoms with Gasteiger partial charge in [-0.25, -0.2) is 9.97 Å². The summed E-state index contributed by atoms with van der Waals surface area (Å²) in [4.78, 5) is 26.5. The van der Waals surface area contributed by atoms with E-state index >= 15 is 0 Å². The summed E-state index contributed by atoms with van der Waals surface area (Å²) < 4.78 is 2.10. The van der Waals surface area contributed by atoms with Gasteiger partial charge in [-0.05, 0) is 37.6 Å². The number of amides is 1. The molecule has 6 nitrogen and oxygen atoms in total. The van der Waals surface area contributed by atoms with Gasteiger partial charge < -0.3 is 9.88 Å². The second-order valence-electron chi connectivity index (χ2n) is 6.18. The minimum Gasteiger partial charge on any atom is -0.347 e. The summed E-state index contributed by atoms with van der Waals surface area (Å²) in [5.74, 6) is -0.113. The normalized spacial score (nSPS) is 11.0. The molecular formula is C20H19N5OS. The molecule has 0 bridgehead atoms. The summed E-state index contributed by atoms with van der Waals surface area (Å²) >= 11 is 1.41. The fourth-order valence-electron chi connectivity index (χ4n) is 3.02. The molecule has 1 N–H and O–H groups in total. The van der Waals surface area contributed by atoms with Gasteiger partial charge in [0, 0.05) is 48.8 Å². The number of fused-ring (bicyclic) bond motifs is 1. The van der Waals surface area contributed by atoms with Crippen LogP contribution in [0, 0.1) is 6.92 Å². The summed E-state index contributed by atoms with van der Waals surface area (Å²) in [6, 6.07) is 7.76. The topological polar surface area (TPSA) is 72.7 Å². The van der Waals surface area contributed by atoms with Crippen LogP contribution in [0.25, 0.3) is 21.6 Å². The number of nitrogens with zero attached hydrogens (tertiary/aromatic N) is 4. The van der Waals surface area contributed by atoms with Gasteiger partial charge in [-0.2, -0.15) is 0 Å². The molecular weight excluding hydrogens is 358 g/mol. The molecule has 0 fully saturated rings. The van der Waals surface area contributed by atoms with E-state index in [0.717, 1.165) is 39.4 Å². The van der Waals surface area contributed by atoms with Crippen LogP contribution in [0.4, 0.5) is 0 Å². The number of nitrogens with one attached hydrogen (secondary N) is 1. The second kappa shape index (κ2) is 7.28. The summed E-state index contributed by atoms with van der Waals surface area (Å²) in [5.41, 5.74) is 3.65. The molecule has 0 radical (unpaired) electrons. The number of thiazole rings is 1. The highest BCUT2D eigenvalue weighted by Gasteiger charge is 2.19. The minimum atomic E-state index is -0.113. The van der Waals surface area contributed by atoms with E-state index in [1.54, 1.807) is 18.6 Å². The Hall–Kier alpha value is -3.06. The minimum absolute atomic E-state index is 0.113. The smallest absolute Gasteiger partial charge is 0.263 e. The van der Waals surface area contributed by atoms with Crippen molar-refractivity contribution in [3.63, 3.8) is 0 Å². The maximum atomic E-state index is 12.6. The van der Waals surface area contributed by atoms with E-state index in [4.69, 9.17) is 0 Å². The number of aryl methyl sites for hydroxylation is 2. The van der Waals surface area contributed by atoms with Crippen molar-refractivity contribution in [1.29, 1.82) is 0 Å². The number of carbonyl (C=O) groups is 1. The lowest BCUT2D eigenvalue weighted by Crippen LogP contribution is -2.22. The molecule has 0 saturated heterocycles. The number of hydrogen-bond donors (Lipinski definition) is 1. The largest absolute Gasteiger partial charge is 0.347 e. The molecule has 4 heterocycles. The van der Waals surface area contributed by atoms with Gasteiger partial charge in [0.15, 0.2) is 0 Å². The van der Waals surface area contributed by atoms with E-state index in [-0.39, 0.29) is 5.91 Å². The fraction of sp³-hybridized carbons (Fsp3) is 0.200. The third-order valence-electron chi connectivity index (χ3n) is 4.38. The predicted molar refractivity (Wildman–Crippen MR) is 107 cm³/mol. The Morgan fingerprint density at radius 1 is 1.26 bits per heavy atom. The number of hydrogen-bond acceptors (Lipinski definition) is 5. The average Bonchev–Trinajstić information content (AvgIpc) is 3.27. The van der Waals surface area contributed by atoms with Crippen LogP contribution in [0.5, 0.6) is 0 Å². The van der Waals surface area contributed by atoms with Gasteiger partial charge in [-0.1, -0.05) is 6.07 Å². The molecule has 0 unspecified atom stereocenters. The zero-order valence-corrected chi connectivity index (χ0v) is 16.0. The molecule has 4 aromatic rings. The molecule has 136 valence electrons. The van der Waals surface area contributed by atoms with Crippen LogP contribution in [-0.2, 0) is 13.1 Å². The van der Waals surface area contributed by atoms with Gasteiger partial charge in [0.1, 0.15) is 15.5 Å². The highest BCUT2D eigenvalue weighted by molar-refractivity contribution is 7.17. The predicted octanol–water partition coefficient (Wildman–Crippen LogP) is 3.81. The molecule has 27 heavy (non-hydrogen) atoms. The van der Waals surface area contributed by atoms with Crippen molar-refractivity contribution in [2.45, 2.75) is 26.9 Å². The van der Waals surface area contributed by atoms with E-state index in [9.17, 15) is 4.79 Å². The Kier molecular flexibility index (Phi) is 4.68. The van der Waals surface area contributed by atoms with Gasteiger partial charge in [0.05, 0.1) is 5.69 Å². The standard InChI is InChI=1S/C20H19N5OS/c1-3-25-12-16(15-7-5-9-22-18(15)25)20-24-13(2)17(27-20)19(26)23-11-14-6-4-8-21-10-14/h4-10,12H,3,11H2,1-2H3,(H,23,26). The highest BCUT2D eigenvalue weighted by atomic mass is 32.1. The quantitative estimate of drug-likeness (QED) is 0.574. The third kappa shape index (κ3) is 3.33. The highest BCUT2D eigenvalue weighted by Crippen LogP contribution is 2.34. The molecule has 0 aliphatic heterocycles. The number of pyridine rings is 2. The van der Waals surface area contributed by atoms with E-state index in [1.165, 1.54) is 11.3 Å². The summed E-state index contributed by atoms with van der Waals surface area (Å²) in [5, 5.41) is 4.84. The molecule has 7 heteroatoms. The van der Waals surface area contributed by atoms with Gasteiger partial charge in [-0.3, -0.25) is 9.78 Å². The molecule has 0 aliphatic rings. The number of carbonyl (C=O) groups excluding carboxylic acids is 1. The zero-order valence-electron chi connectivity index (χ0n) is 15.1. The first-order valence-electron chi connectivity index (χ1n) is 8.76. The van der Waals surface area contributed by atoms with Crippen molar-refractivity contribution >= 4 is 28.3 Å². The van der Waals surface area contributed by atoms with E-state index in [2.05, 4.69) is 38.0 Å². The zero-order chi connectivity index (χ0) is 18.8. The van der Waals surface area contributed by atoms with E-state index < -0.39 is 0 Å². The Bertz CT molecular complexity index is 1100. The molecule has 0 aliphatic carbocycles. The van der Waals surface area contributed by atoms with Crippen LogP contribution >= 0.6 is 11.3 Å². The van der Waals surface area contributed by atoms with Crippen molar-refractivity contribution in [2.24, 2.45) is 0 Å². The molecule has 0 spiro atoms. The van der Waals surface area contributed by atoms with Gasteiger partial charge >= 0.3 is 0 Å². The maximum Gasteiger partial charge on any atom is 0.263 e. The maximum absolute atomic E-state index is 12.6. The first-order chi connectivity index (χ1) is 13.2. The molecule has 4 rings (SSSR count).